The van der Waals surface area contributed by atoms with E-state index in [1.165, 1.54) is 6.92 Å². The minimum atomic E-state index is -1.00. The number of nitrogens with two attached hydrogens (primary N) is 1. The van der Waals surface area contributed by atoms with Crippen molar-refractivity contribution in [3.8, 4) is 11.1 Å². The molecule has 5 heteroatoms. The van der Waals surface area contributed by atoms with Crippen LogP contribution in [0, 0.1) is 0 Å². The fourth-order valence-corrected chi connectivity index (χ4v) is 2.12. The Labute approximate surface area is 128 Å². The molecular formula is C17H18N2O3. The van der Waals surface area contributed by atoms with E-state index in [2.05, 4.69) is 5.32 Å². The summed E-state index contributed by atoms with van der Waals surface area (Å²) in [5, 5.41) is 11.5. The van der Waals surface area contributed by atoms with Crippen LogP contribution in [-0.4, -0.2) is 23.0 Å². The molecule has 114 valence electrons. The van der Waals surface area contributed by atoms with E-state index in [0.717, 1.165) is 22.4 Å². The lowest BCUT2D eigenvalue weighted by molar-refractivity contribution is -0.138. The normalized spacial score (nSPS) is 11.7. The summed E-state index contributed by atoms with van der Waals surface area (Å²) in [6, 6.07) is 14.2. The second-order valence-electron chi connectivity index (χ2n) is 5.10. The Hall–Kier alpha value is -2.66. The maximum Gasteiger partial charge on any atom is 0.320 e. The van der Waals surface area contributed by atoms with Gasteiger partial charge in [-0.25, -0.2) is 0 Å². The molecule has 1 amide bonds. The molecule has 0 saturated heterocycles. The standard InChI is InChI=1S/C17H18N2O3/c1-11(20)19-15-8-6-14(7-9-15)13-4-2-12(3-5-13)10-16(18)17(21)22/h2-9,16H,10,18H2,1H3,(H,19,20)(H,21,22)/t16-/m1/s1. The molecule has 0 aliphatic rings. The molecule has 0 unspecified atom stereocenters. The minimum absolute atomic E-state index is 0.105. The first-order chi connectivity index (χ1) is 10.5. The largest absolute Gasteiger partial charge is 0.480 e. The van der Waals surface area contributed by atoms with Crippen LogP contribution in [0.2, 0.25) is 0 Å². The lowest BCUT2D eigenvalue weighted by Crippen LogP contribution is -2.32. The minimum Gasteiger partial charge on any atom is -0.480 e. The molecule has 1 atom stereocenters. The monoisotopic (exact) mass is 298 g/mol. The summed E-state index contributed by atoms with van der Waals surface area (Å²) in [5.74, 6) is -1.11. The quantitative estimate of drug-likeness (QED) is 0.789. The molecule has 0 aromatic heterocycles. The third-order valence-electron chi connectivity index (χ3n) is 3.27. The third kappa shape index (κ3) is 4.17. The van der Waals surface area contributed by atoms with Crippen LogP contribution in [0.25, 0.3) is 11.1 Å². The van der Waals surface area contributed by atoms with Gasteiger partial charge in [0.15, 0.2) is 0 Å². The first-order valence-electron chi connectivity index (χ1n) is 6.91. The number of aliphatic carboxylic acids is 1. The number of nitrogens with one attached hydrogen (secondary N) is 1. The van der Waals surface area contributed by atoms with E-state index in [1.54, 1.807) is 0 Å². The highest BCUT2D eigenvalue weighted by Gasteiger charge is 2.11. The Balaban J connectivity index is 2.10. The van der Waals surface area contributed by atoms with Crippen molar-refractivity contribution >= 4 is 17.6 Å². The molecule has 0 aliphatic heterocycles. The van der Waals surface area contributed by atoms with Gasteiger partial charge in [0, 0.05) is 12.6 Å². The highest BCUT2D eigenvalue weighted by Crippen LogP contribution is 2.22. The highest BCUT2D eigenvalue weighted by atomic mass is 16.4. The number of carbonyl (C=O) groups excluding carboxylic acids is 1. The molecule has 0 saturated carbocycles. The van der Waals surface area contributed by atoms with Crippen LogP contribution in [0.1, 0.15) is 12.5 Å². The first-order valence-corrected chi connectivity index (χ1v) is 6.91. The molecule has 0 radical (unpaired) electrons. The van der Waals surface area contributed by atoms with Gasteiger partial charge in [-0.15, -0.1) is 0 Å². The number of hydrogen-bond acceptors (Lipinski definition) is 3. The third-order valence-corrected chi connectivity index (χ3v) is 3.27. The van der Waals surface area contributed by atoms with E-state index in [4.69, 9.17) is 10.8 Å². The van der Waals surface area contributed by atoms with Crippen molar-refractivity contribution in [3.05, 3.63) is 54.1 Å². The van der Waals surface area contributed by atoms with Gasteiger partial charge in [-0.1, -0.05) is 36.4 Å². The Morgan fingerprint density at radius 2 is 1.55 bits per heavy atom. The Morgan fingerprint density at radius 3 is 2.00 bits per heavy atom. The maximum absolute atomic E-state index is 11.0. The van der Waals surface area contributed by atoms with E-state index in [-0.39, 0.29) is 5.91 Å². The lowest BCUT2D eigenvalue weighted by atomic mass is 10.0. The van der Waals surface area contributed by atoms with Crippen LogP contribution in [0.4, 0.5) is 5.69 Å². The van der Waals surface area contributed by atoms with Gasteiger partial charge in [-0.3, -0.25) is 9.59 Å². The number of rotatable bonds is 5. The molecule has 2 rings (SSSR count). The summed E-state index contributed by atoms with van der Waals surface area (Å²) in [4.78, 5) is 21.7. The van der Waals surface area contributed by atoms with Crippen LogP contribution < -0.4 is 11.1 Å². The van der Waals surface area contributed by atoms with Crippen LogP contribution in [0.3, 0.4) is 0 Å². The number of anilines is 1. The van der Waals surface area contributed by atoms with Crippen molar-refractivity contribution < 1.29 is 14.7 Å². The van der Waals surface area contributed by atoms with Gasteiger partial charge in [-0.2, -0.15) is 0 Å². The molecule has 0 aliphatic carbocycles. The molecular weight excluding hydrogens is 280 g/mol. The molecule has 4 N–H and O–H groups in total. The molecule has 2 aromatic rings. The van der Waals surface area contributed by atoms with Gasteiger partial charge < -0.3 is 16.2 Å². The van der Waals surface area contributed by atoms with Crippen molar-refractivity contribution in [1.82, 2.24) is 0 Å². The molecule has 2 aromatic carbocycles. The lowest BCUT2D eigenvalue weighted by Gasteiger charge is -2.08. The average molecular weight is 298 g/mol. The predicted molar refractivity (Wildman–Crippen MR) is 85.5 cm³/mol. The van der Waals surface area contributed by atoms with Crippen molar-refractivity contribution in [2.75, 3.05) is 5.32 Å². The molecule has 0 spiro atoms. The van der Waals surface area contributed by atoms with Gasteiger partial charge in [0.05, 0.1) is 0 Å². The van der Waals surface area contributed by atoms with E-state index < -0.39 is 12.0 Å². The van der Waals surface area contributed by atoms with Gasteiger partial charge in [0.25, 0.3) is 0 Å². The summed E-state index contributed by atoms with van der Waals surface area (Å²) in [6.45, 7) is 1.47. The van der Waals surface area contributed by atoms with Crippen molar-refractivity contribution in [2.45, 2.75) is 19.4 Å². The van der Waals surface area contributed by atoms with E-state index in [1.807, 2.05) is 48.5 Å². The van der Waals surface area contributed by atoms with E-state index in [0.29, 0.717) is 6.42 Å². The number of amides is 1. The van der Waals surface area contributed by atoms with E-state index in [9.17, 15) is 9.59 Å². The smallest absolute Gasteiger partial charge is 0.320 e. The fourth-order valence-electron chi connectivity index (χ4n) is 2.12. The number of benzene rings is 2. The van der Waals surface area contributed by atoms with Crippen molar-refractivity contribution in [3.63, 3.8) is 0 Å². The fraction of sp³-hybridized carbons (Fsp3) is 0.176. The summed E-state index contributed by atoms with van der Waals surface area (Å²) in [7, 11) is 0. The van der Waals surface area contributed by atoms with Crippen LogP contribution in [0.15, 0.2) is 48.5 Å². The summed E-state index contributed by atoms with van der Waals surface area (Å²) >= 11 is 0. The zero-order valence-electron chi connectivity index (χ0n) is 12.2. The number of carboxylic acids is 1. The van der Waals surface area contributed by atoms with Crippen LogP contribution in [-0.2, 0) is 16.0 Å². The predicted octanol–water partition coefficient (Wildman–Crippen LogP) is 2.27. The Kier molecular flexibility index (Phi) is 4.91. The highest BCUT2D eigenvalue weighted by molar-refractivity contribution is 5.89. The SMILES string of the molecule is CC(=O)Nc1ccc(-c2ccc(C[C@@H](N)C(=O)O)cc2)cc1. The molecule has 0 bridgehead atoms. The van der Waals surface area contributed by atoms with Crippen LogP contribution in [0.5, 0.6) is 0 Å². The molecule has 0 fully saturated rings. The Bertz CT molecular complexity index is 663. The molecule has 22 heavy (non-hydrogen) atoms. The van der Waals surface area contributed by atoms with Gasteiger partial charge >= 0.3 is 5.97 Å². The zero-order chi connectivity index (χ0) is 16.1. The second kappa shape index (κ2) is 6.87. The van der Waals surface area contributed by atoms with E-state index >= 15 is 0 Å². The summed E-state index contributed by atoms with van der Waals surface area (Å²) in [6.07, 6.45) is 0.303. The van der Waals surface area contributed by atoms with Gasteiger partial charge in [0.2, 0.25) is 5.91 Å². The van der Waals surface area contributed by atoms with Gasteiger partial charge in [-0.05, 0) is 35.2 Å². The average Bonchev–Trinajstić information content (AvgIpc) is 2.48. The van der Waals surface area contributed by atoms with Crippen molar-refractivity contribution in [1.29, 1.82) is 0 Å². The summed E-state index contributed by atoms with van der Waals surface area (Å²) < 4.78 is 0. The number of carboxylic acid groups (broad SMARTS) is 1. The number of hydrogen-bond donors (Lipinski definition) is 3. The topological polar surface area (TPSA) is 92.4 Å². The summed E-state index contributed by atoms with van der Waals surface area (Å²) in [5.41, 5.74) is 9.19. The van der Waals surface area contributed by atoms with Crippen molar-refractivity contribution in [2.24, 2.45) is 5.73 Å². The maximum atomic E-state index is 11.0. The zero-order valence-corrected chi connectivity index (χ0v) is 12.2. The molecule has 0 heterocycles. The first kappa shape index (κ1) is 15.7. The Morgan fingerprint density at radius 1 is 1.05 bits per heavy atom. The van der Waals surface area contributed by atoms with Crippen LogP contribution >= 0.6 is 0 Å². The van der Waals surface area contributed by atoms with Gasteiger partial charge in [0.1, 0.15) is 6.04 Å². The number of carbonyl (C=O) groups is 2. The second-order valence-corrected chi connectivity index (χ2v) is 5.10. The molecule has 5 nitrogen and oxygen atoms in total.